The zero-order valence-electron chi connectivity index (χ0n) is 21.3. The summed E-state index contributed by atoms with van der Waals surface area (Å²) in [6.45, 7) is 5.05. The van der Waals surface area contributed by atoms with Crippen LogP contribution in [0.4, 0.5) is 13.2 Å². The summed E-state index contributed by atoms with van der Waals surface area (Å²) in [6, 6.07) is 0. The van der Waals surface area contributed by atoms with Crippen LogP contribution in [0.25, 0.3) is 0 Å². The maximum Gasteiger partial charge on any atom is 0.416 e. The van der Waals surface area contributed by atoms with Crippen molar-refractivity contribution in [2.75, 3.05) is 13.2 Å². The number of nitrogens with zero attached hydrogens (tertiary/aromatic N) is 1. The third-order valence-corrected chi connectivity index (χ3v) is 9.15. The Hall–Kier alpha value is -2.00. The molecular weight excluding hydrogens is 483 g/mol. The molecule has 0 aromatic carbocycles. The summed E-state index contributed by atoms with van der Waals surface area (Å²) in [5, 5.41) is 23.1. The minimum atomic E-state index is -4.43. The first kappa shape index (κ1) is 25.3. The summed E-state index contributed by atoms with van der Waals surface area (Å²) in [4.78, 5) is 5.03. The molecule has 2 spiro atoms. The van der Waals surface area contributed by atoms with Crippen molar-refractivity contribution in [1.29, 1.82) is 0 Å². The number of ether oxygens (including phenoxy) is 2. The monoisotopic (exact) mass is 517 g/mol. The first-order valence-electron chi connectivity index (χ1n) is 13.4. The number of aliphatic hydroxyl groups is 2. The van der Waals surface area contributed by atoms with Crippen molar-refractivity contribution < 1.29 is 32.9 Å². The van der Waals surface area contributed by atoms with Crippen molar-refractivity contribution in [3.8, 4) is 0 Å². The van der Waals surface area contributed by atoms with Crippen LogP contribution in [0, 0.1) is 5.41 Å². The van der Waals surface area contributed by atoms with Crippen molar-refractivity contribution in [1.82, 2.24) is 4.98 Å². The molecule has 2 fully saturated rings. The predicted octanol–water partition coefficient (Wildman–Crippen LogP) is 6.30. The second-order valence-electron chi connectivity index (χ2n) is 11.7. The zero-order chi connectivity index (χ0) is 26.2. The molecule has 2 N–H and O–H groups in total. The fourth-order valence-electron chi connectivity index (χ4n) is 7.09. The SMILES string of the molecule is CC(C)c1nc2c(c3c1C(C1=CC=C(C(F)(F)F)C=CC1)OC31CCOCC1)C(O)CC1(CCC1)C2O. The molecule has 1 aromatic rings. The third kappa shape index (κ3) is 3.86. The average molecular weight is 518 g/mol. The maximum absolute atomic E-state index is 13.4. The summed E-state index contributed by atoms with van der Waals surface area (Å²) >= 11 is 0. The Labute approximate surface area is 215 Å². The minimum absolute atomic E-state index is 0.00745. The van der Waals surface area contributed by atoms with Crippen LogP contribution in [0.15, 0.2) is 35.5 Å². The number of allylic oxidation sites excluding steroid dienone is 5. The van der Waals surface area contributed by atoms with Crippen LogP contribution in [0.5, 0.6) is 0 Å². The molecule has 5 aliphatic rings. The van der Waals surface area contributed by atoms with E-state index >= 15 is 0 Å². The van der Waals surface area contributed by atoms with Gasteiger partial charge in [0, 0.05) is 48.3 Å². The molecule has 0 radical (unpaired) electrons. The van der Waals surface area contributed by atoms with Gasteiger partial charge in [-0.05, 0) is 48.8 Å². The Morgan fingerprint density at radius 3 is 2.41 bits per heavy atom. The maximum atomic E-state index is 13.4. The number of hydrogen-bond donors (Lipinski definition) is 2. The number of halogens is 3. The molecule has 1 aromatic heterocycles. The number of hydrogen-bond acceptors (Lipinski definition) is 5. The molecule has 3 atom stereocenters. The highest BCUT2D eigenvalue weighted by atomic mass is 19.4. The van der Waals surface area contributed by atoms with E-state index in [0.717, 1.165) is 53.8 Å². The van der Waals surface area contributed by atoms with E-state index in [1.54, 1.807) is 0 Å². The summed E-state index contributed by atoms with van der Waals surface area (Å²) in [5.41, 5.74) is 2.72. The smallest absolute Gasteiger partial charge is 0.388 e. The second kappa shape index (κ2) is 8.76. The van der Waals surface area contributed by atoms with Gasteiger partial charge in [-0.15, -0.1) is 0 Å². The van der Waals surface area contributed by atoms with E-state index in [4.69, 9.17) is 14.5 Å². The van der Waals surface area contributed by atoms with Crippen LogP contribution in [-0.4, -0.2) is 34.6 Å². The second-order valence-corrected chi connectivity index (χ2v) is 11.7. The van der Waals surface area contributed by atoms with Gasteiger partial charge in [0.1, 0.15) is 12.2 Å². The molecule has 0 amide bonds. The molecule has 3 unspecified atom stereocenters. The number of alkyl halides is 3. The molecule has 6 rings (SSSR count). The van der Waals surface area contributed by atoms with E-state index in [0.29, 0.717) is 50.2 Å². The predicted molar refractivity (Wildman–Crippen MR) is 131 cm³/mol. The Morgan fingerprint density at radius 2 is 1.78 bits per heavy atom. The van der Waals surface area contributed by atoms with Crippen LogP contribution < -0.4 is 0 Å². The van der Waals surface area contributed by atoms with Crippen molar-refractivity contribution in [3.05, 3.63) is 63.5 Å². The molecule has 200 valence electrons. The number of aromatic nitrogens is 1. The number of pyridine rings is 1. The van der Waals surface area contributed by atoms with Crippen LogP contribution in [0.2, 0.25) is 0 Å². The van der Waals surface area contributed by atoms with Gasteiger partial charge in [-0.25, -0.2) is 0 Å². The van der Waals surface area contributed by atoms with E-state index in [2.05, 4.69) is 0 Å². The van der Waals surface area contributed by atoms with Crippen molar-refractivity contribution >= 4 is 0 Å². The highest BCUT2D eigenvalue weighted by molar-refractivity contribution is 5.55. The lowest BCUT2D eigenvalue weighted by atomic mass is 9.57. The van der Waals surface area contributed by atoms with Crippen LogP contribution in [0.1, 0.15) is 111 Å². The van der Waals surface area contributed by atoms with E-state index in [9.17, 15) is 23.4 Å². The van der Waals surface area contributed by atoms with E-state index in [-0.39, 0.29) is 11.3 Å². The summed E-state index contributed by atoms with van der Waals surface area (Å²) < 4.78 is 52.9. The van der Waals surface area contributed by atoms with Crippen LogP contribution in [0.3, 0.4) is 0 Å². The number of aliphatic hydroxyl groups excluding tert-OH is 2. The Kier molecular flexibility index (Phi) is 5.99. The molecule has 3 heterocycles. The average Bonchev–Trinajstić information content (AvgIpc) is 2.98. The van der Waals surface area contributed by atoms with E-state index in [1.807, 2.05) is 13.8 Å². The fraction of sp³-hybridized carbons (Fsp3) is 0.621. The van der Waals surface area contributed by atoms with Gasteiger partial charge in [0.05, 0.1) is 23.0 Å². The minimum Gasteiger partial charge on any atom is -0.388 e. The van der Waals surface area contributed by atoms with Crippen molar-refractivity contribution in [3.63, 3.8) is 0 Å². The summed E-state index contributed by atoms with van der Waals surface area (Å²) in [5.74, 6) is -0.00745. The molecule has 0 bridgehead atoms. The van der Waals surface area contributed by atoms with Crippen LogP contribution in [-0.2, 0) is 15.1 Å². The highest BCUT2D eigenvalue weighted by Crippen LogP contribution is 2.63. The molecule has 2 aliphatic heterocycles. The lowest BCUT2D eigenvalue weighted by Crippen LogP contribution is -2.43. The van der Waals surface area contributed by atoms with Crippen LogP contribution >= 0.6 is 0 Å². The lowest BCUT2D eigenvalue weighted by Gasteiger charge is -2.51. The van der Waals surface area contributed by atoms with Gasteiger partial charge in [0.2, 0.25) is 0 Å². The summed E-state index contributed by atoms with van der Waals surface area (Å²) in [6.07, 6.45) is 3.49. The molecule has 37 heavy (non-hydrogen) atoms. The first-order chi connectivity index (χ1) is 17.6. The normalized spacial score (nSPS) is 30.0. The Bertz CT molecular complexity index is 1190. The number of rotatable bonds is 2. The van der Waals surface area contributed by atoms with E-state index in [1.165, 1.54) is 12.2 Å². The first-order valence-corrected chi connectivity index (χ1v) is 13.4. The topological polar surface area (TPSA) is 71.8 Å². The summed E-state index contributed by atoms with van der Waals surface area (Å²) in [7, 11) is 0. The fourth-order valence-corrected chi connectivity index (χ4v) is 7.09. The van der Waals surface area contributed by atoms with E-state index < -0.39 is 35.7 Å². The van der Waals surface area contributed by atoms with Gasteiger partial charge in [-0.1, -0.05) is 38.5 Å². The largest absolute Gasteiger partial charge is 0.416 e. The molecule has 3 aliphatic carbocycles. The van der Waals surface area contributed by atoms with Gasteiger partial charge in [0.15, 0.2) is 0 Å². The molecule has 5 nitrogen and oxygen atoms in total. The van der Waals surface area contributed by atoms with Gasteiger partial charge in [-0.2, -0.15) is 13.2 Å². The molecule has 1 saturated heterocycles. The Balaban J connectivity index is 1.57. The number of fused-ring (bicyclic) bond motifs is 4. The van der Waals surface area contributed by atoms with Gasteiger partial charge < -0.3 is 19.7 Å². The van der Waals surface area contributed by atoms with Gasteiger partial charge in [0.25, 0.3) is 0 Å². The molecular formula is C29H34F3NO4. The standard InChI is InChI=1S/C29H34F3NO4/c1-16(2)23-21-22(20-19(34)15-27(9-4-10-27)26(35)24(20)33-23)28(11-13-36-14-12-28)37-25(21)17-5-3-6-18(8-7-17)29(30,31)32/h3,6-8,16,19,25-26,34-35H,4-5,9-15H2,1-2H3. The third-order valence-electron chi connectivity index (χ3n) is 9.15. The molecule has 1 saturated carbocycles. The zero-order valence-corrected chi connectivity index (χ0v) is 21.3. The van der Waals surface area contributed by atoms with Gasteiger partial charge >= 0.3 is 6.18 Å². The van der Waals surface area contributed by atoms with Gasteiger partial charge in [-0.3, -0.25) is 4.98 Å². The van der Waals surface area contributed by atoms with Crippen molar-refractivity contribution in [2.24, 2.45) is 5.41 Å². The molecule has 8 heteroatoms. The highest BCUT2D eigenvalue weighted by Gasteiger charge is 2.56. The van der Waals surface area contributed by atoms with Crippen molar-refractivity contribution in [2.45, 2.75) is 94.8 Å². The Morgan fingerprint density at radius 1 is 1.05 bits per heavy atom. The lowest BCUT2D eigenvalue weighted by molar-refractivity contribution is -0.125. The quantitative estimate of drug-likeness (QED) is 0.482.